The molecule has 1 rings (SSSR count). The van der Waals surface area contributed by atoms with Gasteiger partial charge in [-0.1, -0.05) is 20.3 Å². The van der Waals surface area contributed by atoms with Crippen LogP contribution < -0.4 is 5.32 Å². The first-order chi connectivity index (χ1) is 8.71. The van der Waals surface area contributed by atoms with Crippen LogP contribution in [0.5, 0.6) is 0 Å². The quantitative estimate of drug-likeness (QED) is 0.729. The largest absolute Gasteiger partial charge is 0.377 e. The summed E-state index contributed by atoms with van der Waals surface area (Å²) in [5, 5.41) is 3.58. The van der Waals surface area contributed by atoms with E-state index in [1.807, 2.05) is 11.3 Å². The van der Waals surface area contributed by atoms with Crippen LogP contribution in [0.4, 0.5) is 0 Å². The van der Waals surface area contributed by atoms with Crippen LogP contribution in [-0.4, -0.2) is 25.3 Å². The van der Waals surface area contributed by atoms with Gasteiger partial charge in [-0.05, 0) is 54.4 Å². The highest BCUT2D eigenvalue weighted by atomic mass is 79.9. The van der Waals surface area contributed by atoms with Crippen molar-refractivity contribution in [1.82, 2.24) is 5.32 Å². The van der Waals surface area contributed by atoms with Crippen LogP contribution in [0, 0.1) is 0 Å². The van der Waals surface area contributed by atoms with Gasteiger partial charge in [-0.15, -0.1) is 11.3 Å². The maximum absolute atomic E-state index is 5.91. The van der Waals surface area contributed by atoms with Gasteiger partial charge in [-0.2, -0.15) is 0 Å². The Kier molecular flexibility index (Phi) is 8.15. The Morgan fingerprint density at radius 1 is 1.33 bits per heavy atom. The third kappa shape index (κ3) is 5.39. The Hall–Kier alpha value is 0.1000. The van der Waals surface area contributed by atoms with E-state index in [0.717, 1.165) is 26.0 Å². The zero-order valence-corrected chi connectivity index (χ0v) is 13.9. The van der Waals surface area contributed by atoms with Crippen molar-refractivity contribution in [3.8, 4) is 0 Å². The Morgan fingerprint density at radius 2 is 2.11 bits per heavy atom. The van der Waals surface area contributed by atoms with E-state index in [9.17, 15) is 0 Å². The Bertz CT molecular complexity index is 323. The minimum Gasteiger partial charge on any atom is -0.377 e. The second kappa shape index (κ2) is 9.08. The molecular weight excluding hydrogens is 310 g/mol. The molecule has 1 heterocycles. The Morgan fingerprint density at radius 3 is 2.61 bits per heavy atom. The Balaban J connectivity index is 2.66. The standard InChI is InChI=1S/C14H24BrNOS/c1-4-7-13(17-6-3)12(16-5-2)10-11-8-9-14(15)18-11/h8-9,12-13,16H,4-7,10H2,1-3H3. The molecule has 1 aromatic heterocycles. The highest BCUT2D eigenvalue weighted by Crippen LogP contribution is 2.24. The third-order valence-electron chi connectivity index (χ3n) is 2.92. The number of hydrogen-bond donors (Lipinski definition) is 1. The monoisotopic (exact) mass is 333 g/mol. The molecule has 2 nitrogen and oxygen atoms in total. The Labute approximate surface area is 123 Å². The maximum Gasteiger partial charge on any atom is 0.0731 e. The van der Waals surface area contributed by atoms with Crippen LogP contribution >= 0.6 is 27.3 Å². The van der Waals surface area contributed by atoms with Gasteiger partial charge in [-0.3, -0.25) is 0 Å². The average molecular weight is 334 g/mol. The lowest BCUT2D eigenvalue weighted by atomic mass is 10.0. The van der Waals surface area contributed by atoms with Crippen LogP contribution in [0.15, 0.2) is 15.9 Å². The first-order valence-corrected chi connectivity index (χ1v) is 8.41. The minimum atomic E-state index is 0.320. The molecular formula is C14H24BrNOS. The normalized spacial score (nSPS) is 14.7. The third-order valence-corrected chi connectivity index (χ3v) is 4.56. The van der Waals surface area contributed by atoms with Crippen molar-refractivity contribution in [2.24, 2.45) is 0 Å². The van der Waals surface area contributed by atoms with E-state index in [1.54, 1.807) is 0 Å². The smallest absolute Gasteiger partial charge is 0.0731 e. The van der Waals surface area contributed by atoms with E-state index < -0.39 is 0 Å². The van der Waals surface area contributed by atoms with Crippen molar-refractivity contribution in [3.63, 3.8) is 0 Å². The topological polar surface area (TPSA) is 21.3 Å². The summed E-state index contributed by atoms with van der Waals surface area (Å²) in [7, 11) is 0. The van der Waals surface area contributed by atoms with Gasteiger partial charge in [0.05, 0.1) is 9.89 Å². The molecule has 0 bridgehead atoms. The number of thiophene rings is 1. The molecule has 0 fully saturated rings. The molecule has 0 aliphatic carbocycles. The van der Waals surface area contributed by atoms with Crippen LogP contribution in [0.25, 0.3) is 0 Å². The average Bonchev–Trinajstić information content (AvgIpc) is 2.74. The predicted octanol–water partition coefficient (Wildman–Crippen LogP) is 4.24. The summed E-state index contributed by atoms with van der Waals surface area (Å²) in [4.78, 5) is 1.41. The molecule has 0 spiro atoms. The highest BCUT2D eigenvalue weighted by molar-refractivity contribution is 9.11. The van der Waals surface area contributed by atoms with Crippen LogP contribution in [-0.2, 0) is 11.2 Å². The van der Waals surface area contributed by atoms with Gasteiger partial charge in [0.2, 0.25) is 0 Å². The molecule has 2 unspecified atom stereocenters. The summed E-state index contributed by atoms with van der Waals surface area (Å²) in [5.41, 5.74) is 0. The van der Waals surface area contributed by atoms with E-state index in [4.69, 9.17) is 4.74 Å². The van der Waals surface area contributed by atoms with Crippen molar-refractivity contribution in [3.05, 3.63) is 20.8 Å². The van der Waals surface area contributed by atoms with Gasteiger partial charge in [0, 0.05) is 17.5 Å². The zero-order chi connectivity index (χ0) is 13.4. The lowest BCUT2D eigenvalue weighted by molar-refractivity contribution is 0.0287. The molecule has 18 heavy (non-hydrogen) atoms. The lowest BCUT2D eigenvalue weighted by Gasteiger charge is -2.27. The van der Waals surface area contributed by atoms with E-state index >= 15 is 0 Å². The van der Waals surface area contributed by atoms with Crippen molar-refractivity contribution in [1.29, 1.82) is 0 Å². The molecule has 1 N–H and O–H groups in total. The van der Waals surface area contributed by atoms with Crippen molar-refractivity contribution in [2.45, 2.75) is 52.2 Å². The summed E-state index contributed by atoms with van der Waals surface area (Å²) in [6, 6.07) is 4.74. The van der Waals surface area contributed by atoms with Gasteiger partial charge < -0.3 is 10.1 Å². The van der Waals surface area contributed by atoms with Crippen LogP contribution in [0.1, 0.15) is 38.5 Å². The molecule has 0 amide bonds. The summed E-state index contributed by atoms with van der Waals surface area (Å²) in [6.07, 6.45) is 3.66. The lowest BCUT2D eigenvalue weighted by Crippen LogP contribution is -2.42. The van der Waals surface area contributed by atoms with E-state index in [2.05, 4.69) is 54.2 Å². The predicted molar refractivity (Wildman–Crippen MR) is 83.5 cm³/mol. The summed E-state index contributed by atoms with van der Waals surface area (Å²) in [5.74, 6) is 0. The number of likely N-dealkylation sites (N-methyl/N-ethyl adjacent to an activating group) is 1. The van der Waals surface area contributed by atoms with Crippen LogP contribution in [0.3, 0.4) is 0 Å². The van der Waals surface area contributed by atoms with Crippen molar-refractivity contribution >= 4 is 27.3 Å². The number of nitrogens with one attached hydrogen (secondary N) is 1. The van der Waals surface area contributed by atoms with Crippen molar-refractivity contribution < 1.29 is 4.74 Å². The number of hydrogen-bond acceptors (Lipinski definition) is 3. The fourth-order valence-electron chi connectivity index (χ4n) is 2.17. The molecule has 0 aliphatic rings. The van der Waals surface area contributed by atoms with Gasteiger partial charge in [0.15, 0.2) is 0 Å². The van der Waals surface area contributed by atoms with E-state index in [0.29, 0.717) is 12.1 Å². The zero-order valence-electron chi connectivity index (χ0n) is 11.5. The highest BCUT2D eigenvalue weighted by Gasteiger charge is 2.21. The van der Waals surface area contributed by atoms with Gasteiger partial charge in [0.25, 0.3) is 0 Å². The molecule has 1 aromatic rings. The molecule has 4 heteroatoms. The summed E-state index contributed by atoms with van der Waals surface area (Å²) in [6.45, 7) is 8.24. The summed E-state index contributed by atoms with van der Waals surface area (Å²) < 4.78 is 7.11. The van der Waals surface area contributed by atoms with Gasteiger partial charge in [-0.25, -0.2) is 0 Å². The second-order valence-electron chi connectivity index (χ2n) is 4.36. The van der Waals surface area contributed by atoms with Gasteiger partial charge >= 0.3 is 0 Å². The fraction of sp³-hybridized carbons (Fsp3) is 0.714. The minimum absolute atomic E-state index is 0.320. The molecule has 104 valence electrons. The second-order valence-corrected chi connectivity index (χ2v) is 6.90. The van der Waals surface area contributed by atoms with E-state index in [1.165, 1.54) is 15.1 Å². The molecule has 0 aliphatic heterocycles. The molecule has 2 atom stereocenters. The first kappa shape index (κ1) is 16.2. The number of halogens is 1. The molecule has 0 saturated carbocycles. The molecule has 0 aromatic carbocycles. The van der Waals surface area contributed by atoms with Crippen molar-refractivity contribution in [2.75, 3.05) is 13.2 Å². The fourth-order valence-corrected chi connectivity index (χ4v) is 3.72. The number of rotatable bonds is 9. The van der Waals surface area contributed by atoms with E-state index in [-0.39, 0.29) is 0 Å². The SMILES string of the molecule is CCCC(OCC)C(Cc1ccc(Br)s1)NCC. The maximum atomic E-state index is 5.91. The number of ether oxygens (including phenoxy) is 1. The summed E-state index contributed by atoms with van der Waals surface area (Å²) >= 11 is 5.34. The molecule has 0 saturated heterocycles. The molecule has 0 radical (unpaired) electrons. The first-order valence-electron chi connectivity index (χ1n) is 6.80. The van der Waals surface area contributed by atoms with Crippen LogP contribution in [0.2, 0.25) is 0 Å². The van der Waals surface area contributed by atoms with Gasteiger partial charge in [0.1, 0.15) is 0 Å².